The molecule has 0 radical (unpaired) electrons. The Balaban J connectivity index is 1.71. The van der Waals surface area contributed by atoms with Crippen LogP contribution >= 0.6 is 0 Å². The molecule has 0 heterocycles. The maximum atomic E-state index is 13.1. The van der Waals surface area contributed by atoms with Crippen molar-refractivity contribution in [1.82, 2.24) is 0 Å². The van der Waals surface area contributed by atoms with Crippen molar-refractivity contribution in [1.29, 1.82) is 0 Å². The Morgan fingerprint density at radius 3 is 2.61 bits per heavy atom. The third kappa shape index (κ3) is 3.31. The van der Waals surface area contributed by atoms with E-state index in [0.29, 0.717) is 5.56 Å². The summed E-state index contributed by atoms with van der Waals surface area (Å²) in [6, 6.07) is 10.9. The first-order valence-electron chi connectivity index (χ1n) is 7.67. The van der Waals surface area contributed by atoms with Crippen LogP contribution in [0.15, 0.2) is 42.5 Å². The molecule has 3 rings (SSSR count). The Kier molecular flexibility index (Phi) is 4.24. The molecule has 2 aromatic carbocycles. The molecule has 3 nitrogen and oxygen atoms in total. The van der Waals surface area contributed by atoms with Gasteiger partial charge in [-0.15, -0.1) is 0 Å². The molecular formula is C19H17FO3. The molecule has 0 fully saturated rings. The molecule has 0 amide bonds. The molecule has 118 valence electrons. The van der Waals surface area contributed by atoms with Crippen molar-refractivity contribution >= 4 is 11.8 Å². The van der Waals surface area contributed by atoms with E-state index in [-0.39, 0.29) is 11.3 Å². The van der Waals surface area contributed by atoms with Gasteiger partial charge in [-0.2, -0.15) is 0 Å². The Morgan fingerprint density at radius 2 is 1.83 bits per heavy atom. The average Bonchev–Trinajstić information content (AvgIpc) is 3.01. The summed E-state index contributed by atoms with van der Waals surface area (Å²) in [7, 11) is 0. The van der Waals surface area contributed by atoms with Crippen LogP contribution in [0.1, 0.15) is 45.2 Å². The fourth-order valence-corrected chi connectivity index (χ4v) is 2.86. The quantitative estimate of drug-likeness (QED) is 0.638. The first-order valence-corrected chi connectivity index (χ1v) is 7.67. The van der Waals surface area contributed by atoms with E-state index in [2.05, 4.69) is 0 Å². The second-order valence-corrected chi connectivity index (χ2v) is 5.76. The van der Waals surface area contributed by atoms with E-state index >= 15 is 0 Å². The van der Waals surface area contributed by atoms with Crippen molar-refractivity contribution in [3.8, 4) is 0 Å². The summed E-state index contributed by atoms with van der Waals surface area (Å²) >= 11 is 0. The summed E-state index contributed by atoms with van der Waals surface area (Å²) in [6.07, 6.45) is 2.23. The minimum Gasteiger partial charge on any atom is -0.451 e. The molecule has 0 spiro atoms. The molecule has 1 atom stereocenters. The number of rotatable bonds is 4. The summed E-state index contributed by atoms with van der Waals surface area (Å²) in [6.45, 7) is 1.53. The topological polar surface area (TPSA) is 43.4 Å². The summed E-state index contributed by atoms with van der Waals surface area (Å²) in [4.78, 5) is 24.4. The van der Waals surface area contributed by atoms with Gasteiger partial charge in [-0.25, -0.2) is 9.18 Å². The van der Waals surface area contributed by atoms with Crippen molar-refractivity contribution in [2.45, 2.75) is 32.3 Å². The molecule has 1 aliphatic rings. The van der Waals surface area contributed by atoms with Gasteiger partial charge in [0.1, 0.15) is 5.82 Å². The molecule has 1 aliphatic carbocycles. The van der Waals surface area contributed by atoms with Gasteiger partial charge >= 0.3 is 5.97 Å². The number of halogens is 1. The highest BCUT2D eigenvalue weighted by molar-refractivity contribution is 6.01. The lowest BCUT2D eigenvalue weighted by molar-refractivity contribution is 0.0318. The largest absolute Gasteiger partial charge is 0.451 e. The second-order valence-electron chi connectivity index (χ2n) is 5.76. The monoisotopic (exact) mass is 312 g/mol. The van der Waals surface area contributed by atoms with E-state index in [1.165, 1.54) is 36.2 Å². The smallest absolute Gasteiger partial charge is 0.338 e. The van der Waals surface area contributed by atoms with Crippen LogP contribution in [0.2, 0.25) is 0 Å². The fourth-order valence-electron chi connectivity index (χ4n) is 2.86. The van der Waals surface area contributed by atoms with Gasteiger partial charge in [-0.3, -0.25) is 4.79 Å². The molecule has 4 heteroatoms. The fraction of sp³-hybridized carbons (Fsp3) is 0.263. The average molecular weight is 312 g/mol. The lowest BCUT2D eigenvalue weighted by atomic mass is 10.0. The molecule has 0 aliphatic heterocycles. The number of Topliss-reactive ketones (excluding diaryl/α,β-unsaturated/α-hetero) is 1. The van der Waals surface area contributed by atoms with Crippen molar-refractivity contribution in [2.75, 3.05) is 0 Å². The van der Waals surface area contributed by atoms with Gasteiger partial charge in [0.15, 0.2) is 6.10 Å². The maximum absolute atomic E-state index is 13.1. The molecular weight excluding hydrogens is 295 g/mol. The zero-order valence-electron chi connectivity index (χ0n) is 12.8. The number of fused-ring (bicyclic) bond motifs is 1. The van der Waals surface area contributed by atoms with E-state index in [1.807, 2.05) is 12.1 Å². The van der Waals surface area contributed by atoms with Crippen LogP contribution in [0.5, 0.6) is 0 Å². The number of carbonyl (C=O) groups excluding carboxylic acids is 2. The van der Waals surface area contributed by atoms with Crippen LogP contribution in [0.3, 0.4) is 0 Å². The first-order chi connectivity index (χ1) is 11.0. The minimum absolute atomic E-state index is 0.0959. The van der Waals surface area contributed by atoms with Crippen LogP contribution in [0.4, 0.5) is 4.39 Å². The number of esters is 1. The van der Waals surface area contributed by atoms with E-state index in [9.17, 15) is 14.0 Å². The van der Waals surface area contributed by atoms with Crippen molar-refractivity contribution in [3.63, 3.8) is 0 Å². The van der Waals surface area contributed by atoms with Crippen LogP contribution in [-0.4, -0.2) is 17.9 Å². The number of hydrogen-bond acceptors (Lipinski definition) is 3. The van der Waals surface area contributed by atoms with Crippen LogP contribution < -0.4 is 0 Å². The number of carbonyl (C=O) groups is 2. The lowest BCUT2D eigenvalue weighted by Crippen LogP contribution is -2.24. The highest BCUT2D eigenvalue weighted by Crippen LogP contribution is 2.23. The minimum atomic E-state index is -0.912. The second kappa shape index (κ2) is 6.32. The van der Waals surface area contributed by atoms with E-state index in [1.54, 1.807) is 6.07 Å². The third-order valence-corrected chi connectivity index (χ3v) is 4.10. The van der Waals surface area contributed by atoms with Gasteiger partial charge in [-0.1, -0.05) is 18.2 Å². The van der Waals surface area contributed by atoms with Crippen LogP contribution in [0.25, 0.3) is 0 Å². The maximum Gasteiger partial charge on any atom is 0.338 e. The zero-order valence-corrected chi connectivity index (χ0v) is 12.8. The van der Waals surface area contributed by atoms with Gasteiger partial charge in [0.05, 0.1) is 5.56 Å². The Bertz CT molecular complexity index is 767. The third-order valence-electron chi connectivity index (χ3n) is 4.10. The number of aryl methyl sites for hydroxylation is 2. The normalized spacial score (nSPS) is 14.2. The van der Waals surface area contributed by atoms with Gasteiger partial charge in [-0.05, 0) is 61.6 Å². The molecule has 0 saturated carbocycles. The molecule has 0 unspecified atom stereocenters. The summed E-state index contributed by atoms with van der Waals surface area (Å²) in [5.74, 6) is -1.46. The molecule has 0 aromatic heterocycles. The SMILES string of the molecule is C[C@@H](OC(=O)c1cccc(F)c1)C(=O)c1ccc2c(c1)CCC2. The van der Waals surface area contributed by atoms with Crippen LogP contribution in [-0.2, 0) is 17.6 Å². The zero-order chi connectivity index (χ0) is 16.4. The Hall–Kier alpha value is -2.49. The van der Waals surface area contributed by atoms with E-state index in [0.717, 1.165) is 25.3 Å². The number of hydrogen-bond donors (Lipinski definition) is 0. The van der Waals surface area contributed by atoms with Gasteiger partial charge in [0.25, 0.3) is 0 Å². The van der Waals surface area contributed by atoms with Gasteiger partial charge in [0.2, 0.25) is 5.78 Å². The molecule has 0 bridgehead atoms. The van der Waals surface area contributed by atoms with Gasteiger partial charge in [0, 0.05) is 5.56 Å². The summed E-state index contributed by atoms with van der Waals surface area (Å²) in [5, 5.41) is 0. The van der Waals surface area contributed by atoms with Crippen molar-refractivity contribution < 1.29 is 18.7 Å². The van der Waals surface area contributed by atoms with Crippen molar-refractivity contribution in [3.05, 3.63) is 70.5 Å². The number of ether oxygens (including phenoxy) is 1. The highest BCUT2D eigenvalue weighted by Gasteiger charge is 2.22. The predicted octanol–water partition coefficient (Wildman–Crippen LogP) is 3.74. The standard InChI is InChI=1S/C19H17FO3/c1-12(23-19(22)16-6-3-7-17(20)11-16)18(21)15-9-8-13-4-2-5-14(13)10-15/h3,6-12H,2,4-5H2,1H3/t12-/m1/s1. The number of ketones is 1. The molecule has 23 heavy (non-hydrogen) atoms. The first kappa shape index (κ1) is 15.4. The van der Waals surface area contributed by atoms with Gasteiger partial charge < -0.3 is 4.74 Å². The van der Waals surface area contributed by atoms with Crippen molar-refractivity contribution in [2.24, 2.45) is 0 Å². The number of benzene rings is 2. The predicted molar refractivity (Wildman–Crippen MR) is 84.1 cm³/mol. The van der Waals surface area contributed by atoms with Crippen LogP contribution in [0, 0.1) is 5.82 Å². The summed E-state index contributed by atoms with van der Waals surface area (Å²) in [5.41, 5.74) is 3.12. The highest BCUT2D eigenvalue weighted by atomic mass is 19.1. The summed E-state index contributed by atoms with van der Waals surface area (Å²) < 4.78 is 18.3. The Labute approximate surface area is 134 Å². The Morgan fingerprint density at radius 1 is 1.04 bits per heavy atom. The van der Waals surface area contributed by atoms with E-state index in [4.69, 9.17) is 4.74 Å². The molecule has 2 aromatic rings. The lowest BCUT2D eigenvalue weighted by Gasteiger charge is -2.13. The van der Waals surface area contributed by atoms with E-state index < -0.39 is 17.9 Å². The molecule has 0 N–H and O–H groups in total. The molecule has 0 saturated heterocycles.